The van der Waals surface area contributed by atoms with Crippen molar-refractivity contribution >= 4 is 11.7 Å². The van der Waals surface area contributed by atoms with Gasteiger partial charge in [0.1, 0.15) is 5.82 Å². The summed E-state index contributed by atoms with van der Waals surface area (Å²) in [6.07, 6.45) is 0.659. The Bertz CT molecular complexity index is 734. The lowest BCUT2D eigenvalue weighted by Gasteiger charge is -2.09. The number of anilines is 1. The summed E-state index contributed by atoms with van der Waals surface area (Å²) < 4.78 is 24.0. The van der Waals surface area contributed by atoms with Crippen molar-refractivity contribution in [2.24, 2.45) is 0 Å². The van der Waals surface area contributed by atoms with E-state index in [1.54, 1.807) is 19.1 Å². The van der Waals surface area contributed by atoms with Gasteiger partial charge in [0, 0.05) is 12.2 Å². The molecule has 2 amide bonds. The highest BCUT2D eigenvalue weighted by atomic mass is 19.1. The van der Waals surface area contributed by atoms with Crippen molar-refractivity contribution in [2.75, 3.05) is 18.7 Å². The molecule has 0 aliphatic carbocycles. The first-order chi connectivity index (χ1) is 11.1. The third-order valence-electron chi connectivity index (χ3n) is 3.57. The lowest BCUT2D eigenvalue weighted by molar-refractivity contribution is 0.174. The molecule has 0 unspecified atom stereocenters. The minimum Gasteiger partial charge on any atom is -0.454 e. The van der Waals surface area contributed by atoms with Crippen LogP contribution in [0.1, 0.15) is 11.1 Å². The van der Waals surface area contributed by atoms with Crippen LogP contribution in [0.25, 0.3) is 0 Å². The number of urea groups is 1. The molecule has 1 aliphatic rings. The number of amides is 2. The van der Waals surface area contributed by atoms with Crippen LogP contribution >= 0.6 is 0 Å². The SMILES string of the molecule is Cc1ccc(NC(=O)NCCc2ccc3c(c2)OCO3)cc1F. The molecule has 0 radical (unpaired) electrons. The number of aryl methyl sites for hydroxylation is 1. The molecule has 6 heteroatoms. The van der Waals surface area contributed by atoms with E-state index in [2.05, 4.69) is 10.6 Å². The van der Waals surface area contributed by atoms with Crippen molar-refractivity contribution < 1.29 is 18.7 Å². The molecule has 0 saturated carbocycles. The van der Waals surface area contributed by atoms with E-state index in [1.807, 2.05) is 18.2 Å². The fourth-order valence-electron chi connectivity index (χ4n) is 2.26. The summed E-state index contributed by atoms with van der Waals surface area (Å²) in [5.74, 6) is 1.12. The van der Waals surface area contributed by atoms with Gasteiger partial charge in [0.05, 0.1) is 0 Å². The molecule has 0 atom stereocenters. The minimum atomic E-state index is -0.367. The van der Waals surface area contributed by atoms with Crippen molar-refractivity contribution in [2.45, 2.75) is 13.3 Å². The Kier molecular flexibility index (Phi) is 4.32. The summed E-state index contributed by atoms with van der Waals surface area (Å²) >= 11 is 0. The Balaban J connectivity index is 1.48. The third kappa shape index (κ3) is 3.71. The maximum Gasteiger partial charge on any atom is 0.319 e. The monoisotopic (exact) mass is 316 g/mol. The Morgan fingerprint density at radius 2 is 2.00 bits per heavy atom. The molecule has 1 aliphatic heterocycles. The van der Waals surface area contributed by atoms with E-state index in [1.165, 1.54) is 6.07 Å². The smallest absolute Gasteiger partial charge is 0.319 e. The Hall–Kier alpha value is -2.76. The zero-order valence-electron chi connectivity index (χ0n) is 12.7. The van der Waals surface area contributed by atoms with Gasteiger partial charge < -0.3 is 20.1 Å². The number of hydrogen-bond acceptors (Lipinski definition) is 3. The number of nitrogens with one attached hydrogen (secondary N) is 2. The fourth-order valence-corrected chi connectivity index (χ4v) is 2.26. The van der Waals surface area contributed by atoms with Crippen LogP contribution in [0.3, 0.4) is 0 Å². The van der Waals surface area contributed by atoms with Crippen LogP contribution in [0.2, 0.25) is 0 Å². The highest BCUT2D eigenvalue weighted by molar-refractivity contribution is 5.89. The van der Waals surface area contributed by atoms with Gasteiger partial charge in [-0.05, 0) is 48.7 Å². The zero-order chi connectivity index (χ0) is 16.2. The van der Waals surface area contributed by atoms with Crippen molar-refractivity contribution in [3.05, 3.63) is 53.3 Å². The number of carbonyl (C=O) groups is 1. The van der Waals surface area contributed by atoms with Crippen molar-refractivity contribution in [3.8, 4) is 11.5 Å². The van der Waals surface area contributed by atoms with E-state index in [-0.39, 0.29) is 18.6 Å². The molecule has 0 bridgehead atoms. The number of fused-ring (bicyclic) bond motifs is 1. The molecule has 5 nitrogen and oxygen atoms in total. The first kappa shape index (κ1) is 15.1. The molecule has 0 spiro atoms. The van der Waals surface area contributed by atoms with E-state index in [9.17, 15) is 9.18 Å². The largest absolute Gasteiger partial charge is 0.454 e. The van der Waals surface area contributed by atoms with Gasteiger partial charge in [0.15, 0.2) is 11.5 Å². The van der Waals surface area contributed by atoms with Gasteiger partial charge in [-0.25, -0.2) is 9.18 Å². The van der Waals surface area contributed by atoms with Crippen LogP contribution in [-0.4, -0.2) is 19.4 Å². The molecule has 1 heterocycles. The normalized spacial score (nSPS) is 12.1. The van der Waals surface area contributed by atoms with Crippen LogP contribution < -0.4 is 20.1 Å². The van der Waals surface area contributed by atoms with Gasteiger partial charge in [0.25, 0.3) is 0 Å². The quantitative estimate of drug-likeness (QED) is 0.910. The topological polar surface area (TPSA) is 59.6 Å². The molecule has 0 fully saturated rings. The van der Waals surface area contributed by atoms with E-state index >= 15 is 0 Å². The van der Waals surface area contributed by atoms with Gasteiger partial charge in [-0.1, -0.05) is 12.1 Å². The number of benzene rings is 2. The molecule has 2 aromatic rings. The van der Waals surface area contributed by atoms with Crippen molar-refractivity contribution in [1.82, 2.24) is 5.32 Å². The van der Waals surface area contributed by atoms with Gasteiger partial charge in [-0.3, -0.25) is 0 Å². The molecule has 2 N–H and O–H groups in total. The summed E-state index contributed by atoms with van der Waals surface area (Å²) in [4.78, 5) is 11.8. The molecule has 0 aromatic heterocycles. The van der Waals surface area contributed by atoms with Gasteiger partial charge in [-0.2, -0.15) is 0 Å². The number of carbonyl (C=O) groups excluding carboxylic acids is 1. The second-order valence-corrected chi connectivity index (χ2v) is 5.28. The average Bonchev–Trinajstić information content (AvgIpc) is 2.98. The maximum atomic E-state index is 13.4. The average molecular weight is 316 g/mol. The molecule has 3 rings (SSSR count). The lowest BCUT2D eigenvalue weighted by Crippen LogP contribution is -2.30. The maximum absolute atomic E-state index is 13.4. The molecule has 0 saturated heterocycles. The Morgan fingerprint density at radius 1 is 1.17 bits per heavy atom. The van der Waals surface area contributed by atoms with E-state index < -0.39 is 0 Å². The highest BCUT2D eigenvalue weighted by Crippen LogP contribution is 2.32. The molecular weight excluding hydrogens is 299 g/mol. The van der Waals surface area contributed by atoms with Crippen molar-refractivity contribution in [1.29, 1.82) is 0 Å². The van der Waals surface area contributed by atoms with E-state index in [4.69, 9.17) is 9.47 Å². The number of hydrogen-bond donors (Lipinski definition) is 2. The second kappa shape index (κ2) is 6.56. The van der Waals surface area contributed by atoms with Crippen LogP contribution in [0.5, 0.6) is 11.5 Å². The molecule has 23 heavy (non-hydrogen) atoms. The van der Waals surface area contributed by atoms with Gasteiger partial charge in [-0.15, -0.1) is 0 Å². The minimum absolute atomic E-state index is 0.243. The van der Waals surface area contributed by atoms with Crippen LogP contribution in [-0.2, 0) is 6.42 Å². The number of rotatable bonds is 4. The van der Waals surface area contributed by atoms with Crippen LogP contribution in [0.4, 0.5) is 14.9 Å². The standard InChI is InChI=1S/C17H17FN2O3/c1-11-2-4-13(9-14(11)18)20-17(21)19-7-6-12-3-5-15-16(8-12)23-10-22-15/h2-5,8-9H,6-7,10H2,1H3,(H2,19,20,21). The summed E-state index contributed by atoms with van der Waals surface area (Å²) in [5.41, 5.74) is 2.00. The Labute approximate surface area is 133 Å². The molecule has 120 valence electrons. The highest BCUT2D eigenvalue weighted by Gasteiger charge is 2.13. The predicted octanol–water partition coefficient (Wildman–Crippen LogP) is 3.23. The number of halogens is 1. The van der Waals surface area contributed by atoms with Gasteiger partial charge in [0.2, 0.25) is 6.79 Å². The fraction of sp³-hybridized carbons (Fsp3) is 0.235. The van der Waals surface area contributed by atoms with Crippen LogP contribution in [0, 0.1) is 12.7 Å². The van der Waals surface area contributed by atoms with E-state index in [0.29, 0.717) is 24.2 Å². The first-order valence-corrected chi connectivity index (χ1v) is 7.31. The van der Waals surface area contributed by atoms with Gasteiger partial charge >= 0.3 is 6.03 Å². The van der Waals surface area contributed by atoms with Crippen LogP contribution in [0.15, 0.2) is 36.4 Å². The number of ether oxygens (including phenoxy) is 2. The lowest BCUT2D eigenvalue weighted by atomic mass is 10.1. The molecule has 2 aromatic carbocycles. The predicted molar refractivity (Wildman–Crippen MR) is 84.4 cm³/mol. The molecular formula is C17H17FN2O3. The summed E-state index contributed by atoms with van der Waals surface area (Å²) in [5, 5.41) is 5.34. The zero-order valence-corrected chi connectivity index (χ0v) is 12.7. The third-order valence-corrected chi connectivity index (χ3v) is 3.57. The summed E-state index contributed by atoms with van der Waals surface area (Å²) in [7, 11) is 0. The summed E-state index contributed by atoms with van der Waals surface area (Å²) in [6, 6.07) is 9.90. The Morgan fingerprint density at radius 3 is 2.83 bits per heavy atom. The summed E-state index contributed by atoms with van der Waals surface area (Å²) in [6.45, 7) is 2.37. The van der Waals surface area contributed by atoms with E-state index in [0.717, 1.165) is 17.1 Å². The van der Waals surface area contributed by atoms with Crippen molar-refractivity contribution in [3.63, 3.8) is 0 Å². The first-order valence-electron chi connectivity index (χ1n) is 7.31. The second-order valence-electron chi connectivity index (χ2n) is 5.28.